The molecule has 0 saturated heterocycles. The van der Waals surface area contributed by atoms with Crippen LogP contribution in [0.1, 0.15) is 26.3 Å². The number of nitrogens with zero attached hydrogens (tertiary/aromatic N) is 5. The van der Waals surface area contributed by atoms with Gasteiger partial charge in [0.05, 0.1) is 5.69 Å². The Labute approximate surface area is 150 Å². The second-order valence-corrected chi connectivity index (χ2v) is 5.99. The number of anilines is 1. The fourth-order valence-corrected chi connectivity index (χ4v) is 2.46. The lowest BCUT2D eigenvalue weighted by Gasteiger charge is -2.12. The van der Waals surface area contributed by atoms with E-state index < -0.39 is 0 Å². The lowest BCUT2D eigenvalue weighted by atomic mass is 10.1. The number of rotatable bonds is 4. The van der Waals surface area contributed by atoms with Gasteiger partial charge in [-0.05, 0) is 53.2 Å². The maximum absolute atomic E-state index is 12.6. The summed E-state index contributed by atoms with van der Waals surface area (Å²) < 4.78 is 1.53. The third kappa shape index (κ3) is 3.59. The zero-order chi connectivity index (χ0) is 18.7. The van der Waals surface area contributed by atoms with Crippen molar-refractivity contribution in [3.63, 3.8) is 0 Å². The van der Waals surface area contributed by atoms with Gasteiger partial charge >= 0.3 is 0 Å². The molecular formula is C18H18N6O2. The van der Waals surface area contributed by atoms with E-state index in [1.165, 1.54) is 15.9 Å². The van der Waals surface area contributed by atoms with Gasteiger partial charge in [0, 0.05) is 30.9 Å². The molecule has 8 heteroatoms. The van der Waals surface area contributed by atoms with Crippen LogP contribution in [0.3, 0.4) is 0 Å². The number of carbonyl (C=O) groups is 2. The Morgan fingerprint density at radius 2 is 1.85 bits per heavy atom. The van der Waals surface area contributed by atoms with Crippen molar-refractivity contribution in [2.45, 2.75) is 6.92 Å². The molecule has 0 spiro atoms. The van der Waals surface area contributed by atoms with Gasteiger partial charge in [-0.15, -0.1) is 5.10 Å². The Balaban J connectivity index is 1.84. The minimum Gasteiger partial charge on any atom is -0.345 e. The van der Waals surface area contributed by atoms with Crippen molar-refractivity contribution in [3.05, 3.63) is 65.5 Å². The first-order chi connectivity index (χ1) is 12.5. The average molecular weight is 350 g/mol. The number of tetrazole rings is 1. The monoisotopic (exact) mass is 350 g/mol. The summed E-state index contributed by atoms with van der Waals surface area (Å²) in [7, 11) is 3.34. The highest BCUT2D eigenvalue weighted by molar-refractivity contribution is 6.06. The van der Waals surface area contributed by atoms with Crippen LogP contribution in [0.2, 0.25) is 0 Å². The molecule has 0 atom stereocenters. The third-order valence-electron chi connectivity index (χ3n) is 3.84. The second kappa shape index (κ2) is 7.14. The van der Waals surface area contributed by atoms with E-state index in [2.05, 4.69) is 20.8 Å². The molecule has 0 fully saturated rings. The number of amides is 2. The van der Waals surface area contributed by atoms with Crippen LogP contribution in [-0.4, -0.2) is 51.0 Å². The van der Waals surface area contributed by atoms with Crippen LogP contribution < -0.4 is 5.32 Å². The summed E-state index contributed by atoms with van der Waals surface area (Å²) >= 11 is 0. The van der Waals surface area contributed by atoms with Gasteiger partial charge in [0.25, 0.3) is 11.8 Å². The van der Waals surface area contributed by atoms with E-state index >= 15 is 0 Å². The number of hydrogen-bond donors (Lipinski definition) is 1. The van der Waals surface area contributed by atoms with E-state index in [4.69, 9.17) is 0 Å². The van der Waals surface area contributed by atoms with Crippen molar-refractivity contribution in [2.75, 3.05) is 19.4 Å². The van der Waals surface area contributed by atoms with E-state index in [0.29, 0.717) is 16.8 Å². The number of carbonyl (C=O) groups excluding carboxylic acids is 2. The molecule has 0 bridgehead atoms. The lowest BCUT2D eigenvalue weighted by Crippen LogP contribution is -2.22. The van der Waals surface area contributed by atoms with Gasteiger partial charge in [-0.1, -0.05) is 12.1 Å². The molecule has 8 nitrogen and oxygen atoms in total. The molecule has 0 aliphatic heterocycles. The molecule has 1 heterocycles. The number of aromatic nitrogens is 4. The van der Waals surface area contributed by atoms with Gasteiger partial charge in [-0.3, -0.25) is 9.59 Å². The third-order valence-corrected chi connectivity index (χ3v) is 3.84. The molecule has 0 unspecified atom stereocenters. The van der Waals surface area contributed by atoms with Gasteiger partial charge in [0.15, 0.2) is 0 Å². The smallest absolute Gasteiger partial charge is 0.255 e. The molecule has 0 radical (unpaired) electrons. The van der Waals surface area contributed by atoms with Crippen LogP contribution in [0.5, 0.6) is 0 Å². The van der Waals surface area contributed by atoms with Crippen molar-refractivity contribution in [3.8, 4) is 5.69 Å². The highest BCUT2D eigenvalue weighted by Gasteiger charge is 2.13. The van der Waals surface area contributed by atoms with Crippen LogP contribution in [0.25, 0.3) is 5.69 Å². The lowest BCUT2D eigenvalue weighted by molar-refractivity contribution is 0.0827. The van der Waals surface area contributed by atoms with E-state index in [1.807, 2.05) is 13.0 Å². The normalized spacial score (nSPS) is 10.4. The van der Waals surface area contributed by atoms with Crippen molar-refractivity contribution in [1.82, 2.24) is 25.1 Å². The molecule has 2 aromatic carbocycles. The van der Waals surface area contributed by atoms with E-state index in [9.17, 15) is 9.59 Å². The van der Waals surface area contributed by atoms with Gasteiger partial charge in [0.2, 0.25) is 0 Å². The minimum atomic E-state index is -0.301. The highest BCUT2D eigenvalue weighted by atomic mass is 16.2. The first-order valence-electron chi connectivity index (χ1n) is 7.93. The van der Waals surface area contributed by atoms with E-state index in [1.54, 1.807) is 50.5 Å². The molecular weight excluding hydrogens is 332 g/mol. The first-order valence-corrected chi connectivity index (χ1v) is 7.93. The first kappa shape index (κ1) is 17.3. The summed E-state index contributed by atoms with van der Waals surface area (Å²) in [4.78, 5) is 26.1. The highest BCUT2D eigenvalue weighted by Crippen LogP contribution is 2.19. The maximum Gasteiger partial charge on any atom is 0.255 e. The second-order valence-electron chi connectivity index (χ2n) is 5.99. The van der Waals surface area contributed by atoms with Crippen molar-refractivity contribution in [2.24, 2.45) is 0 Å². The average Bonchev–Trinajstić information content (AvgIpc) is 3.17. The Morgan fingerprint density at radius 1 is 1.08 bits per heavy atom. The maximum atomic E-state index is 12.6. The summed E-state index contributed by atoms with van der Waals surface area (Å²) in [6.07, 6.45) is 1.49. The van der Waals surface area contributed by atoms with E-state index in [0.717, 1.165) is 11.3 Å². The number of hydrogen-bond acceptors (Lipinski definition) is 5. The molecule has 0 aliphatic carbocycles. The molecule has 132 valence electrons. The van der Waals surface area contributed by atoms with Crippen molar-refractivity contribution >= 4 is 17.5 Å². The largest absolute Gasteiger partial charge is 0.345 e. The van der Waals surface area contributed by atoms with Crippen LogP contribution in [0, 0.1) is 6.92 Å². The summed E-state index contributed by atoms with van der Waals surface area (Å²) in [5, 5.41) is 14.0. The predicted molar refractivity (Wildman–Crippen MR) is 96.3 cm³/mol. The quantitative estimate of drug-likeness (QED) is 0.776. The Morgan fingerprint density at radius 3 is 2.54 bits per heavy atom. The Kier molecular flexibility index (Phi) is 4.74. The molecule has 3 aromatic rings. The molecule has 26 heavy (non-hydrogen) atoms. The fourth-order valence-electron chi connectivity index (χ4n) is 2.46. The predicted octanol–water partition coefficient (Wildman–Crippen LogP) is 1.92. The molecule has 0 aliphatic rings. The number of benzene rings is 2. The van der Waals surface area contributed by atoms with Crippen LogP contribution in [0.15, 0.2) is 48.8 Å². The summed E-state index contributed by atoms with van der Waals surface area (Å²) in [5.41, 5.74) is 3.21. The Hall–Kier alpha value is -3.55. The zero-order valence-corrected chi connectivity index (χ0v) is 14.7. The number of nitrogens with one attached hydrogen (secondary N) is 1. The minimum absolute atomic E-state index is 0.157. The van der Waals surface area contributed by atoms with E-state index in [-0.39, 0.29) is 11.8 Å². The van der Waals surface area contributed by atoms with Gasteiger partial charge in [0.1, 0.15) is 6.33 Å². The summed E-state index contributed by atoms with van der Waals surface area (Å²) in [5.74, 6) is -0.458. The van der Waals surface area contributed by atoms with Gasteiger partial charge in [-0.25, -0.2) is 4.68 Å². The molecule has 1 aromatic heterocycles. The molecule has 0 saturated carbocycles. The molecule has 1 N–H and O–H groups in total. The summed E-state index contributed by atoms with van der Waals surface area (Å²) in [6.45, 7) is 1.93. The molecule has 3 rings (SSSR count). The van der Waals surface area contributed by atoms with Crippen molar-refractivity contribution < 1.29 is 9.59 Å². The fraction of sp³-hybridized carbons (Fsp3) is 0.167. The number of aryl methyl sites for hydroxylation is 1. The van der Waals surface area contributed by atoms with Crippen molar-refractivity contribution in [1.29, 1.82) is 0 Å². The van der Waals surface area contributed by atoms with Gasteiger partial charge in [-0.2, -0.15) is 0 Å². The Bertz CT molecular complexity index is 950. The standard InChI is InChI=1S/C18H18N6O2/c1-12-7-8-15(10-16(12)24-11-19-21-22-24)20-17(25)13-5-4-6-14(9-13)18(26)23(2)3/h4-11H,1-3H3,(H,20,25). The zero-order valence-electron chi connectivity index (χ0n) is 14.7. The topological polar surface area (TPSA) is 93.0 Å². The van der Waals surface area contributed by atoms with Gasteiger partial charge < -0.3 is 10.2 Å². The van der Waals surface area contributed by atoms with Crippen LogP contribution >= 0.6 is 0 Å². The summed E-state index contributed by atoms with van der Waals surface area (Å²) in [6, 6.07) is 12.1. The SMILES string of the molecule is Cc1ccc(NC(=O)c2cccc(C(=O)N(C)C)c2)cc1-n1cnnn1. The molecule has 2 amide bonds. The van der Waals surface area contributed by atoms with Crippen LogP contribution in [-0.2, 0) is 0 Å². The van der Waals surface area contributed by atoms with Crippen LogP contribution in [0.4, 0.5) is 5.69 Å².